The molecule has 192 valence electrons. The number of carbonyl (C=O) groups excluding carboxylic acids is 2. The van der Waals surface area contributed by atoms with E-state index in [9.17, 15) is 29.8 Å². The van der Waals surface area contributed by atoms with Crippen LogP contribution >= 0.6 is 0 Å². The third kappa shape index (κ3) is 6.90. The molecule has 0 atom stereocenters. The predicted octanol–water partition coefficient (Wildman–Crippen LogP) is 2.53. The number of nitro groups is 2. The zero-order valence-electron chi connectivity index (χ0n) is 20.4. The van der Waals surface area contributed by atoms with E-state index in [2.05, 4.69) is 9.80 Å². The number of hydrogen-bond acceptors (Lipinski definition) is 8. The van der Waals surface area contributed by atoms with Crippen molar-refractivity contribution in [1.82, 2.24) is 9.80 Å². The third-order valence-electron chi connectivity index (χ3n) is 6.30. The lowest BCUT2D eigenvalue weighted by Gasteiger charge is -2.35. The van der Waals surface area contributed by atoms with Gasteiger partial charge in [0.1, 0.15) is 0 Å². The molecular weight excluding hydrogens is 468 g/mol. The van der Waals surface area contributed by atoms with Gasteiger partial charge in [0.15, 0.2) is 0 Å². The number of hydrogen-bond donors (Lipinski definition) is 0. The molecule has 2 fully saturated rings. The second kappa shape index (κ2) is 12.0. The number of rotatable bonds is 4. The van der Waals surface area contributed by atoms with Crippen LogP contribution < -0.4 is 9.80 Å². The fourth-order valence-corrected chi connectivity index (χ4v) is 4.13. The summed E-state index contributed by atoms with van der Waals surface area (Å²) in [4.78, 5) is 50.6. The highest BCUT2D eigenvalue weighted by Gasteiger charge is 2.20. The number of nitro benzene ring substituents is 2. The van der Waals surface area contributed by atoms with Crippen LogP contribution in [0.25, 0.3) is 0 Å². The maximum absolute atomic E-state index is 11.2. The van der Waals surface area contributed by atoms with Crippen LogP contribution in [0, 0.1) is 20.2 Å². The van der Waals surface area contributed by atoms with Gasteiger partial charge < -0.3 is 19.6 Å². The summed E-state index contributed by atoms with van der Waals surface area (Å²) in [6, 6.07) is 13.0. The number of piperazine rings is 2. The van der Waals surface area contributed by atoms with Crippen molar-refractivity contribution in [3.8, 4) is 0 Å². The Kier molecular flexibility index (Phi) is 8.76. The van der Waals surface area contributed by atoms with Crippen molar-refractivity contribution in [2.45, 2.75) is 13.8 Å². The largest absolute Gasteiger partial charge is 0.368 e. The zero-order valence-corrected chi connectivity index (χ0v) is 20.4. The van der Waals surface area contributed by atoms with E-state index in [1.54, 1.807) is 38.1 Å². The second-order valence-electron chi connectivity index (χ2n) is 8.53. The fourth-order valence-electron chi connectivity index (χ4n) is 4.13. The number of benzene rings is 2. The Balaban J connectivity index is 0.000000201. The van der Waals surface area contributed by atoms with Crippen LogP contribution in [0.3, 0.4) is 0 Å². The van der Waals surface area contributed by atoms with Gasteiger partial charge in [-0.25, -0.2) is 0 Å². The Morgan fingerprint density at radius 3 is 1.08 bits per heavy atom. The van der Waals surface area contributed by atoms with Crippen LogP contribution in [0.15, 0.2) is 48.5 Å². The molecule has 12 heteroatoms. The van der Waals surface area contributed by atoms with E-state index in [4.69, 9.17) is 0 Å². The van der Waals surface area contributed by atoms with Crippen molar-refractivity contribution < 1.29 is 19.4 Å². The minimum atomic E-state index is -0.405. The highest BCUT2D eigenvalue weighted by molar-refractivity contribution is 5.74. The monoisotopic (exact) mass is 498 g/mol. The number of carbonyl (C=O) groups is 2. The van der Waals surface area contributed by atoms with Crippen molar-refractivity contribution in [3.63, 3.8) is 0 Å². The van der Waals surface area contributed by atoms with Crippen molar-refractivity contribution in [3.05, 3.63) is 68.8 Å². The molecule has 2 aromatic rings. The van der Waals surface area contributed by atoms with E-state index in [-0.39, 0.29) is 23.2 Å². The van der Waals surface area contributed by atoms with Gasteiger partial charge in [0.2, 0.25) is 11.8 Å². The molecule has 2 aliphatic rings. The summed E-state index contributed by atoms with van der Waals surface area (Å²) in [5.74, 6) is 0.191. The third-order valence-corrected chi connectivity index (χ3v) is 6.30. The van der Waals surface area contributed by atoms with E-state index < -0.39 is 9.85 Å². The summed E-state index contributed by atoms with van der Waals surface area (Å²) in [5.41, 5.74) is 2.12. The van der Waals surface area contributed by atoms with Gasteiger partial charge >= 0.3 is 0 Å². The number of anilines is 2. The first-order valence-corrected chi connectivity index (χ1v) is 11.7. The van der Waals surface area contributed by atoms with E-state index in [1.165, 1.54) is 24.3 Å². The van der Waals surface area contributed by atoms with Crippen LogP contribution in [0.5, 0.6) is 0 Å². The molecule has 0 unspecified atom stereocenters. The fraction of sp³-hybridized carbons (Fsp3) is 0.417. The second-order valence-corrected chi connectivity index (χ2v) is 8.53. The summed E-state index contributed by atoms with van der Waals surface area (Å²) in [5, 5.41) is 21.1. The van der Waals surface area contributed by atoms with Gasteiger partial charge in [-0.1, -0.05) is 0 Å². The first kappa shape index (κ1) is 26.4. The molecule has 0 saturated carbocycles. The van der Waals surface area contributed by atoms with Gasteiger partial charge in [0, 0.05) is 102 Å². The van der Waals surface area contributed by atoms with Crippen LogP contribution in [0.2, 0.25) is 0 Å². The first-order chi connectivity index (χ1) is 17.2. The molecule has 0 spiro atoms. The van der Waals surface area contributed by atoms with E-state index in [1.807, 2.05) is 9.80 Å². The van der Waals surface area contributed by atoms with Crippen LogP contribution in [-0.4, -0.2) is 83.8 Å². The van der Waals surface area contributed by atoms with Gasteiger partial charge in [-0.05, 0) is 24.3 Å². The quantitative estimate of drug-likeness (QED) is 0.464. The molecule has 2 aromatic carbocycles. The Morgan fingerprint density at radius 1 is 0.583 bits per heavy atom. The molecule has 2 amide bonds. The zero-order chi connectivity index (χ0) is 26.2. The predicted molar refractivity (Wildman–Crippen MR) is 135 cm³/mol. The van der Waals surface area contributed by atoms with E-state index in [0.717, 1.165) is 37.6 Å². The Bertz CT molecular complexity index is 988. The van der Waals surface area contributed by atoms with Gasteiger partial charge in [-0.3, -0.25) is 29.8 Å². The summed E-state index contributed by atoms with van der Waals surface area (Å²) in [7, 11) is 0. The van der Waals surface area contributed by atoms with E-state index >= 15 is 0 Å². The van der Waals surface area contributed by atoms with E-state index in [0.29, 0.717) is 26.2 Å². The SMILES string of the molecule is CC(=O)N1CCN(c2ccc([N+](=O)[O-])cc2)CC1.CC(=O)N1CCN(c2ccc([N+](=O)[O-])cc2)CC1. The summed E-state index contributed by atoms with van der Waals surface area (Å²) in [6.07, 6.45) is 0. The van der Waals surface area contributed by atoms with Gasteiger partial charge in [0.05, 0.1) is 9.85 Å². The standard InChI is InChI=1S/2C12H15N3O3/c2*1-10(16)13-6-8-14(9-7-13)11-2-4-12(5-3-11)15(17)18/h2*2-5H,6-9H2,1H3. The van der Waals surface area contributed by atoms with Crippen molar-refractivity contribution in [1.29, 1.82) is 0 Å². The van der Waals surface area contributed by atoms with Gasteiger partial charge in [0.25, 0.3) is 11.4 Å². The molecule has 12 nitrogen and oxygen atoms in total. The van der Waals surface area contributed by atoms with Crippen LogP contribution in [0.1, 0.15) is 13.8 Å². The lowest BCUT2D eigenvalue weighted by molar-refractivity contribution is -0.385. The highest BCUT2D eigenvalue weighted by Crippen LogP contribution is 2.21. The van der Waals surface area contributed by atoms with Crippen LogP contribution in [-0.2, 0) is 9.59 Å². The minimum absolute atomic E-state index is 0.0957. The molecule has 0 bridgehead atoms. The van der Waals surface area contributed by atoms with Crippen molar-refractivity contribution in [2.24, 2.45) is 0 Å². The number of nitrogens with zero attached hydrogens (tertiary/aromatic N) is 6. The average molecular weight is 499 g/mol. The number of non-ortho nitro benzene ring substituents is 2. The average Bonchev–Trinajstić information content (AvgIpc) is 2.89. The topological polar surface area (TPSA) is 133 Å². The normalized spacial score (nSPS) is 15.6. The lowest BCUT2D eigenvalue weighted by atomic mass is 10.2. The van der Waals surface area contributed by atoms with Crippen molar-refractivity contribution in [2.75, 3.05) is 62.2 Å². The molecule has 0 N–H and O–H groups in total. The molecule has 2 aliphatic heterocycles. The smallest absolute Gasteiger partial charge is 0.269 e. The molecular formula is C24H30N6O6. The molecule has 2 heterocycles. The van der Waals surface area contributed by atoms with Crippen LogP contribution in [0.4, 0.5) is 22.7 Å². The summed E-state index contributed by atoms with van der Waals surface area (Å²) >= 11 is 0. The first-order valence-electron chi connectivity index (χ1n) is 11.7. The van der Waals surface area contributed by atoms with Gasteiger partial charge in [-0.2, -0.15) is 0 Å². The minimum Gasteiger partial charge on any atom is -0.368 e. The Hall–Kier alpha value is -4.22. The summed E-state index contributed by atoms with van der Waals surface area (Å²) in [6.45, 7) is 8.99. The molecule has 0 aromatic heterocycles. The molecule has 4 rings (SSSR count). The van der Waals surface area contributed by atoms with Gasteiger partial charge in [-0.15, -0.1) is 0 Å². The molecule has 2 saturated heterocycles. The maximum atomic E-state index is 11.2. The molecule has 0 radical (unpaired) electrons. The lowest BCUT2D eigenvalue weighted by Crippen LogP contribution is -2.48. The molecule has 0 aliphatic carbocycles. The Morgan fingerprint density at radius 2 is 0.861 bits per heavy atom. The highest BCUT2D eigenvalue weighted by atomic mass is 16.6. The Labute approximate surface area is 209 Å². The van der Waals surface area contributed by atoms with Crippen molar-refractivity contribution >= 4 is 34.6 Å². The molecule has 36 heavy (non-hydrogen) atoms. The number of amides is 2. The summed E-state index contributed by atoms with van der Waals surface area (Å²) < 4.78 is 0. The maximum Gasteiger partial charge on any atom is 0.269 e.